The molecule has 1 heterocycles. The van der Waals surface area contributed by atoms with Crippen molar-refractivity contribution in [1.29, 1.82) is 0 Å². The third-order valence-electron chi connectivity index (χ3n) is 3.40. The van der Waals surface area contributed by atoms with E-state index in [1.54, 1.807) is 4.90 Å². The molecule has 0 atom stereocenters. The SMILES string of the molecule is O=C(c1ccc(B(O)O)c([N+](=O)[O-])c1)N1CCCCC1. The lowest BCUT2D eigenvalue weighted by atomic mass is 9.78. The molecule has 1 fully saturated rings. The van der Waals surface area contributed by atoms with Crippen molar-refractivity contribution in [2.24, 2.45) is 0 Å². The Morgan fingerprint density at radius 1 is 1.25 bits per heavy atom. The number of carbonyl (C=O) groups excluding carboxylic acids is 1. The topological polar surface area (TPSA) is 104 Å². The van der Waals surface area contributed by atoms with Gasteiger partial charge in [0.1, 0.15) is 0 Å². The third-order valence-corrected chi connectivity index (χ3v) is 3.40. The molecule has 1 aliphatic rings. The first-order chi connectivity index (χ1) is 9.50. The highest BCUT2D eigenvalue weighted by Crippen LogP contribution is 2.16. The van der Waals surface area contributed by atoms with E-state index in [-0.39, 0.29) is 16.9 Å². The summed E-state index contributed by atoms with van der Waals surface area (Å²) < 4.78 is 0. The minimum atomic E-state index is -1.94. The Morgan fingerprint density at radius 3 is 2.45 bits per heavy atom. The van der Waals surface area contributed by atoms with Gasteiger partial charge in [0.2, 0.25) is 0 Å². The van der Waals surface area contributed by atoms with Gasteiger partial charge in [-0.05, 0) is 25.3 Å². The van der Waals surface area contributed by atoms with Crippen LogP contribution in [0.5, 0.6) is 0 Å². The first kappa shape index (κ1) is 14.5. The van der Waals surface area contributed by atoms with Crippen LogP contribution in [-0.2, 0) is 0 Å². The normalized spacial score (nSPS) is 15.0. The molecule has 7 nitrogen and oxygen atoms in total. The number of carbonyl (C=O) groups is 1. The van der Waals surface area contributed by atoms with Crippen LogP contribution in [0.3, 0.4) is 0 Å². The minimum Gasteiger partial charge on any atom is -0.423 e. The zero-order valence-corrected chi connectivity index (χ0v) is 10.9. The van der Waals surface area contributed by atoms with Gasteiger partial charge >= 0.3 is 7.12 Å². The molecule has 0 radical (unpaired) electrons. The lowest BCUT2D eigenvalue weighted by molar-refractivity contribution is -0.383. The summed E-state index contributed by atoms with van der Waals surface area (Å²) in [5.74, 6) is -0.258. The highest BCUT2D eigenvalue weighted by Gasteiger charge is 2.26. The fourth-order valence-electron chi connectivity index (χ4n) is 2.33. The van der Waals surface area contributed by atoms with Gasteiger partial charge in [0.15, 0.2) is 0 Å². The summed E-state index contributed by atoms with van der Waals surface area (Å²) in [6, 6.07) is 3.70. The van der Waals surface area contributed by atoms with Crippen LogP contribution >= 0.6 is 0 Å². The van der Waals surface area contributed by atoms with Gasteiger partial charge in [-0.25, -0.2) is 0 Å². The van der Waals surface area contributed by atoms with Crippen molar-refractivity contribution < 1.29 is 19.8 Å². The van der Waals surface area contributed by atoms with E-state index in [0.29, 0.717) is 13.1 Å². The Bertz CT molecular complexity index is 529. The summed E-state index contributed by atoms with van der Waals surface area (Å²) in [7, 11) is -1.94. The molecule has 106 valence electrons. The van der Waals surface area contributed by atoms with E-state index in [2.05, 4.69) is 0 Å². The van der Waals surface area contributed by atoms with E-state index in [9.17, 15) is 14.9 Å². The van der Waals surface area contributed by atoms with Crippen LogP contribution in [0, 0.1) is 10.1 Å². The van der Waals surface area contributed by atoms with E-state index in [1.807, 2.05) is 0 Å². The fraction of sp³-hybridized carbons (Fsp3) is 0.417. The van der Waals surface area contributed by atoms with Crippen LogP contribution in [0.2, 0.25) is 0 Å². The highest BCUT2D eigenvalue weighted by molar-refractivity contribution is 6.60. The molecule has 1 aromatic carbocycles. The second kappa shape index (κ2) is 6.02. The number of hydrogen-bond donors (Lipinski definition) is 2. The number of nitro groups is 1. The molecule has 1 saturated heterocycles. The van der Waals surface area contributed by atoms with Crippen LogP contribution in [0.15, 0.2) is 18.2 Å². The summed E-state index contributed by atoms with van der Waals surface area (Å²) in [4.78, 5) is 24.1. The van der Waals surface area contributed by atoms with Crippen LogP contribution in [-0.4, -0.2) is 46.0 Å². The number of nitrogens with zero attached hydrogens (tertiary/aromatic N) is 2. The van der Waals surface area contributed by atoms with E-state index in [0.717, 1.165) is 25.3 Å². The minimum absolute atomic E-state index is 0.197. The van der Waals surface area contributed by atoms with Crippen LogP contribution in [0.25, 0.3) is 0 Å². The maximum Gasteiger partial charge on any atom is 0.495 e. The van der Waals surface area contributed by atoms with Gasteiger partial charge in [0.05, 0.1) is 10.4 Å². The lowest BCUT2D eigenvalue weighted by Crippen LogP contribution is -2.36. The molecule has 0 aromatic heterocycles. The molecule has 0 unspecified atom stereocenters. The Morgan fingerprint density at radius 2 is 1.90 bits per heavy atom. The van der Waals surface area contributed by atoms with Gasteiger partial charge in [-0.1, -0.05) is 6.07 Å². The van der Waals surface area contributed by atoms with Gasteiger partial charge in [-0.2, -0.15) is 0 Å². The number of piperidine rings is 1. The molecule has 2 rings (SSSR count). The van der Waals surface area contributed by atoms with E-state index >= 15 is 0 Å². The zero-order valence-electron chi connectivity index (χ0n) is 10.9. The Balaban J connectivity index is 2.30. The quantitative estimate of drug-likeness (QED) is 0.456. The maximum atomic E-state index is 12.2. The fourth-order valence-corrected chi connectivity index (χ4v) is 2.33. The molecule has 0 bridgehead atoms. The molecule has 1 amide bonds. The number of rotatable bonds is 3. The van der Waals surface area contributed by atoms with Gasteiger partial charge in [-0.3, -0.25) is 14.9 Å². The molecule has 1 aromatic rings. The van der Waals surface area contributed by atoms with Crippen LogP contribution < -0.4 is 5.46 Å². The Kier molecular flexibility index (Phi) is 4.36. The van der Waals surface area contributed by atoms with E-state index in [4.69, 9.17) is 10.0 Å². The average molecular weight is 278 g/mol. The van der Waals surface area contributed by atoms with Crippen molar-refractivity contribution in [2.75, 3.05) is 13.1 Å². The summed E-state index contributed by atoms with van der Waals surface area (Å²) >= 11 is 0. The van der Waals surface area contributed by atoms with E-state index < -0.39 is 17.7 Å². The van der Waals surface area contributed by atoms with Gasteiger partial charge < -0.3 is 14.9 Å². The van der Waals surface area contributed by atoms with Gasteiger partial charge in [0.25, 0.3) is 11.6 Å². The molecule has 1 aliphatic heterocycles. The first-order valence-corrected chi connectivity index (χ1v) is 6.44. The van der Waals surface area contributed by atoms with Crippen molar-refractivity contribution in [3.05, 3.63) is 33.9 Å². The summed E-state index contributed by atoms with van der Waals surface area (Å²) in [5.41, 5.74) is -0.476. The van der Waals surface area contributed by atoms with Crippen molar-refractivity contribution in [3.8, 4) is 0 Å². The molecule has 0 aliphatic carbocycles. The highest BCUT2D eigenvalue weighted by atomic mass is 16.6. The number of nitro benzene ring substituents is 1. The van der Waals surface area contributed by atoms with Crippen LogP contribution in [0.4, 0.5) is 5.69 Å². The second-order valence-electron chi connectivity index (χ2n) is 4.76. The van der Waals surface area contributed by atoms with Crippen LogP contribution in [0.1, 0.15) is 29.6 Å². The molecule has 20 heavy (non-hydrogen) atoms. The predicted octanol–water partition coefficient (Wildman–Crippen LogP) is -0.0993. The van der Waals surface area contributed by atoms with Crippen molar-refractivity contribution >= 4 is 24.2 Å². The molecule has 0 spiro atoms. The first-order valence-electron chi connectivity index (χ1n) is 6.44. The molecule has 2 N–H and O–H groups in total. The summed E-state index contributed by atoms with van der Waals surface area (Å²) in [6.07, 6.45) is 2.95. The van der Waals surface area contributed by atoms with E-state index in [1.165, 1.54) is 12.1 Å². The molecular formula is C12H15BN2O5. The Hall–Kier alpha value is -1.93. The zero-order chi connectivity index (χ0) is 14.7. The monoisotopic (exact) mass is 278 g/mol. The number of benzene rings is 1. The number of likely N-dealkylation sites (tertiary alicyclic amines) is 1. The summed E-state index contributed by atoms with van der Waals surface area (Å²) in [6.45, 7) is 1.30. The predicted molar refractivity (Wildman–Crippen MR) is 72.7 cm³/mol. The standard InChI is InChI=1S/C12H15BN2O5/c16-12(14-6-2-1-3-7-14)9-4-5-10(13(17)18)11(8-9)15(19)20/h4-5,8,17-18H,1-3,6-7H2. The van der Waals surface area contributed by atoms with Crippen molar-refractivity contribution in [3.63, 3.8) is 0 Å². The second-order valence-corrected chi connectivity index (χ2v) is 4.76. The van der Waals surface area contributed by atoms with Gasteiger partial charge in [0, 0.05) is 24.7 Å². The smallest absolute Gasteiger partial charge is 0.423 e. The largest absolute Gasteiger partial charge is 0.495 e. The third kappa shape index (κ3) is 2.97. The Labute approximate surface area is 116 Å². The molecule has 0 saturated carbocycles. The lowest BCUT2D eigenvalue weighted by Gasteiger charge is -2.26. The maximum absolute atomic E-state index is 12.2. The number of amides is 1. The molecule has 8 heteroatoms. The summed E-state index contributed by atoms with van der Waals surface area (Å²) in [5, 5.41) is 29.1. The van der Waals surface area contributed by atoms with Crippen molar-refractivity contribution in [1.82, 2.24) is 4.90 Å². The van der Waals surface area contributed by atoms with Gasteiger partial charge in [-0.15, -0.1) is 0 Å². The average Bonchev–Trinajstić information content (AvgIpc) is 2.46. The van der Waals surface area contributed by atoms with Crippen molar-refractivity contribution in [2.45, 2.75) is 19.3 Å². The number of hydrogen-bond acceptors (Lipinski definition) is 5. The molecular weight excluding hydrogens is 263 g/mol.